The summed E-state index contributed by atoms with van der Waals surface area (Å²) in [5, 5.41) is 0.417. The molecule has 0 aliphatic heterocycles. The lowest BCUT2D eigenvalue weighted by molar-refractivity contribution is -0.0498. The number of aromatic nitrogens is 1. The van der Waals surface area contributed by atoms with Crippen LogP contribution in [-0.4, -0.2) is 11.2 Å². The number of alkyl halides is 2. The van der Waals surface area contributed by atoms with Crippen LogP contribution >= 0.6 is 0 Å². The third-order valence-electron chi connectivity index (χ3n) is 3.04. The molecule has 0 aliphatic rings. The quantitative estimate of drug-likeness (QED) is 0.648. The van der Waals surface area contributed by atoms with E-state index >= 15 is 0 Å². The Kier molecular flexibility index (Phi) is 3.29. The molecule has 0 saturated carbocycles. The smallest absolute Gasteiger partial charge is 0.387 e. The van der Waals surface area contributed by atoms with Crippen LogP contribution in [0.15, 0.2) is 48.7 Å². The molecule has 3 aromatic rings. The topological polar surface area (TPSA) is 14.2 Å². The van der Waals surface area contributed by atoms with Gasteiger partial charge in [-0.3, -0.25) is 0 Å². The van der Waals surface area contributed by atoms with Crippen LogP contribution in [0.2, 0.25) is 0 Å². The highest BCUT2D eigenvalue weighted by molar-refractivity contribution is 5.82. The van der Waals surface area contributed by atoms with Crippen LogP contribution in [0.3, 0.4) is 0 Å². The van der Waals surface area contributed by atoms with Gasteiger partial charge in [0.15, 0.2) is 5.82 Å². The minimum absolute atomic E-state index is 0.0109. The monoisotopic (exact) mass is 295 g/mol. The van der Waals surface area contributed by atoms with Crippen LogP contribution in [0, 0.1) is 11.6 Å². The van der Waals surface area contributed by atoms with Crippen LogP contribution < -0.4 is 4.74 Å². The average Bonchev–Trinajstić information content (AvgIpc) is 2.83. The summed E-state index contributed by atoms with van der Waals surface area (Å²) in [6.45, 7) is -2.90. The molecule has 0 saturated heterocycles. The van der Waals surface area contributed by atoms with Crippen LogP contribution in [0.5, 0.6) is 5.75 Å². The van der Waals surface area contributed by atoms with E-state index < -0.39 is 18.2 Å². The number of rotatable bonds is 3. The molecule has 2 nitrogen and oxygen atoms in total. The second-order valence-corrected chi connectivity index (χ2v) is 4.38. The Morgan fingerprint density at radius 3 is 2.33 bits per heavy atom. The molecule has 0 spiro atoms. The minimum Gasteiger partial charge on any atom is -0.435 e. The molecule has 0 bridgehead atoms. The lowest BCUT2D eigenvalue weighted by Gasteiger charge is -2.08. The Bertz CT molecular complexity index is 780. The van der Waals surface area contributed by atoms with Crippen molar-refractivity contribution in [3.05, 3.63) is 60.3 Å². The summed E-state index contributed by atoms with van der Waals surface area (Å²) in [4.78, 5) is 0. The van der Waals surface area contributed by atoms with E-state index in [2.05, 4.69) is 4.74 Å². The van der Waals surface area contributed by atoms with E-state index in [1.807, 2.05) is 0 Å². The zero-order valence-corrected chi connectivity index (χ0v) is 10.6. The lowest BCUT2D eigenvalue weighted by Crippen LogP contribution is -2.02. The predicted molar refractivity (Wildman–Crippen MR) is 69.8 cm³/mol. The molecule has 0 radical (unpaired) electrons. The van der Waals surface area contributed by atoms with Gasteiger partial charge in [0.2, 0.25) is 0 Å². The Morgan fingerprint density at radius 2 is 1.67 bits per heavy atom. The molecule has 6 heteroatoms. The molecule has 0 fully saturated rings. The summed E-state index contributed by atoms with van der Waals surface area (Å²) >= 11 is 0. The molecule has 0 atom stereocenters. The number of hydrogen-bond donors (Lipinski definition) is 0. The fourth-order valence-corrected chi connectivity index (χ4v) is 2.20. The van der Waals surface area contributed by atoms with Crippen LogP contribution in [0.1, 0.15) is 0 Å². The number of ether oxygens (including phenoxy) is 1. The number of fused-ring (bicyclic) bond motifs is 1. The van der Waals surface area contributed by atoms with Gasteiger partial charge in [-0.1, -0.05) is 0 Å². The van der Waals surface area contributed by atoms with Gasteiger partial charge < -0.3 is 9.30 Å². The minimum atomic E-state index is -2.90. The highest BCUT2D eigenvalue weighted by Gasteiger charge is 2.11. The summed E-state index contributed by atoms with van der Waals surface area (Å²) in [5.41, 5.74) is 0.774. The van der Waals surface area contributed by atoms with Crippen LogP contribution in [0.25, 0.3) is 16.6 Å². The molecule has 3 rings (SSSR count). The highest BCUT2D eigenvalue weighted by atomic mass is 19.3. The molecule has 21 heavy (non-hydrogen) atoms. The van der Waals surface area contributed by atoms with Gasteiger partial charge in [-0.05, 0) is 36.4 Å². The zero-order valence-electron chi connectivity index (χ0n) is 10.6. The first kappa shape index (κ1) is 13.5. The van der Waals surface area contributed by atoms with Gasteiger partial charge in [0, 0.05) is 23.3 Å². The molecule has 0 N–H and O–H groups in total. The second kappa shape index (κ2) is 5.12. The van der Waals surface area contributed by atoms with Crippen molar-refractivity contribution in [2.75, 3.05) is 0 Å². The van der Waals surface area contributed by atoms with Crippen molar-refractivity contribution in [2.24, 2.45) is 0 Å². The highest BCUT2D eigenvalue weighted by Crippen LogP contribution is 2.25. The second-order valence-electron chi connectivity index (χ2n) is 4.38. The number of nitrogens with zero attached hydrogens (tertiary/aromatic N) is 1. The molecule has 0 amide bonds. The molecule has 108 valence electrons. The fourth-order valence-electron chi connectivity index (χ4n) is 2.20. The van der Waals surface area contributed by atoms with Gasteiger partial charge in [-0.2, -0.15) is 8.78 Å². The van der Waals surface area contributed by atoms with Crippen molar-refractivity contribution in [3.63, 3.8) is 0 Å². The van der Waals surface area contributed by atoms with Gasteiger partial charge in [-0.25, -0.2) is 8.78 Å². The first-order valence-electron chi connectivity index (χ1n) is 6.06. The molecule has 1 heterocycles. The van der Waals surface area contributed by atoms with Crippen molar-refractivity contribution in [2.45, 2.75) is 6.61 Å². The maximum Gasteiger partial charge on any atom is 0.387 e. The molecule has 1 aromatic heterocycles. The maximum absolute atomic E-state index is 13.9. The Balaban J connectivity index is 2.04. The van der Waals surface area contributed by atoms with E-state index in [1.54, 1.807) is 12.3 Å². The Morgan fingerprint density at radius 1 is 0.952 bits per heavy atom. The maximum atomic E-state index is 13.9. The molecular weight excluding hydrogens is 286 g/mol. The third-order valence-corrected chi connectivity index (χ3v) is 3.04. The summed E-state index contributed by atoms with van der Waals surface area (Å²) in [5.74, 6) is -1.34. The Labute approximate surface area is 117 Å². The number of benzene rings is 2. The van der Waals surface area contributed by atoms with Gasteiger partial charge in [-0.15, -0.1) is 0 Å². The van der Waals surface area contributed by atoms with E-state index in [0.29, 0.717) is 11.1 Å². The van der Waals surface area contributed by atoms with E-state index in [0.717, 1.165) is 6.07 Å². The van der Waals surface area contributed by atoms with Crippen molar-refractivity contribution in [3.8, 4) is 11.4 Å². The SMILES string of the molecule is Fc1cc(F)c2c(ccn2-c2ccc(OC(F)F)cc2)c1. The van der Waals surface area contributed by atoms with Gasteiger partial charge in [0.05, 0.1) is 5.52 Å². The van der Waals surface area contributed by atoms with Gasteiger partial charge >= 0.3 is 6.61 Å². The van der Waals surface area contributed by atoms with Crippen molar-refractivity contribution >= 4 is 10.9 Å². The summed E-state index contributed by atoms with van der Waals surface area (Å²) in [7, 11) is 0. The average molecular weight is 295 g/mol. The van der Waals surface area contributed by atoms with Gasteiger partial charge in [0.1, 0.15) is 11.6 Å². The van der Waals surface area contributed by atoms with Gasteiger partial charge in [0.25, 0.3) is 0 Å². The van der Waals surface area contributed by atoms with Crippen molar-refractivity contribution < 1.29 is 22.3 Å². The fraction of sp³-hybridized carbons (Fsp3) is 0.0667. The molecule has 0 unspecified atom stereocenters. The standard InChI is InChI=1S/C15H9F4NO/c16-10-7-9-5-6-20(14(9)13(17)8-10)11-1-3-12(4-2-11)21-15(18)19/h1-8,15H. The van der Waals surface area contributed by atoms with Crippen molar-refractivity contribution in [1.82, 2.24) is 4.57 Å². The largest absolute Gasteiger partial charge is 0.435 e. The molecule has 0 aliphatic carbocycles. The summed E-state index contributed by atoms with van der Waals surface area (Å²) < 4.78 is 57.0. The number of halogens is 4. The van der Waals surface area contributed by atoms with Crippen molar-refractivity contribution in [1.29, 1.82) is 0 Å². The van der Waals surface area contributed by atoms with E-state index in [4.69, 9.17) is 0 Å². The molecular formula is C15H9F4NO. The molecule has 2 aromatic carbocycles. The lowest BCUT2D eigenvalue weighted by atomic mass is 10.2. The zero-order chi connectivity index (χ0) is 15.0. The van der Waals surface area contributed by atoms with E-state index in [-0.39, 0.29) is 11.3 Å². The normalized spacial score (nSPS) is 11.3. The third kappa shape index (κ3) is 2.56. The first-order valence-corrected chi connectivity index (χ1v) is 6.06. The van der Waals surface area contributed by atoms with E-state index in [9.17, 15) is 17.6 Å². The van der Waals surface area contributed by atoms with Crippen LogP contribution in [0.4, 0.5) is 17.6 Å². The number of hydrogen-bond acceptors (Lipinski definition) is 1. The summed E-state index contributed by atoms with van der Waals surface area (Å²) in [6.07, 6.45) is 1.58. The predicted octanol–water partition coefficient (Wildman–Crippen LogP) is 4.51. The van der Waals surface area contributed by atoms with Crippen LogP contribution in [-0.2, 0) is 0 Å². The summed E-state index contributed by atoms with van der Waals surface area (Å²) in [6, 6.07) is 9.34. The van der Waals surface area contributed by atoms with E-state index in [1.165, 1.54) is 34.9 Å². The Hall–Kier alpha value is -2.50. The first-order chi connectivity index (χ1) is 10.0.